The molecule has 2 aromatic carbocycles. The van der Waals surface area contributed by atoms with E-state index in [1.807, 2.05) is 60.7 Å². The van der Waals surface area contributed by atoms with Crippen molar-refractivity contribution < 1.29 is 9.09 Å². The molecule has 1 fully saturated rings. The largest absolute Gasteiger partial charge is 0.318 e. The van der Waals surface area contributed by atoms with Gasteiger partial charge in [0.25, 0.3) is 7.37 Å². The van der Waals surface area contributed by atoms with Crippen LogP contribution in [0.25, 0.3) is 0 Å². The lowest BCUT2D eigenvalue weighted by molar-refractivity contribution is 0.110. The predicted octanol–water partition coefficient (Wildman–Crippen LogP) is 4.51. The summed E-state index contributed by atoms with van der Waals surface area (Å²) in [6.07, 6.45) is 4.67. The Kier molecular flexibility index (Phi) is 4.81. The third kappa shape index (κ3) is 3.19. The fourth-order valence-corrected chi connectivity index (χ4v) is 5.51. The molecule has 2 nitrogen and oxygen atoms in total. The van der Waals surface area contributed by atoms with E-state index in [9.17, 15) is 4.57 Å². The van der Waals surface area contributed by atoms with E-state index < -0.39 is 7.37 Å². The highest BCUT2D eigenvalue weighted by molar-refractivity contribution is 7.74. The number of hydrogen-bond donors (Lipinski definition) is 0. The zero-order valence-corrected chi connectivity index (χ0v) is 13.9. The third-order valence-electron chi connectivity index (χ3n) is 4.51. The summed E-state index contributed by atoms with van der Waals surface area (Å²) in [7, 11) is -3.03. The van der Waals surface area contributed by atoms with Gasteiger partial charge in [0.2, 0.25) is 0 Å². The van der Waals surface area contributed by atoms with E-state index in [-0.39, 0.29) is 6.10 Å². The molecule has 2 aromatic rings. The Morgan fingerprint density at radius 3 is 1.86 bits per heavy atom. The smallest absolute Gasteiger partial charge is 0.261 e. The quantitative estimate of drug-likeness (QED) is 0.776. The molecule has 116 valence electrons. The first kappa shape index (κ1) is 15.5. The minimum Gasteiger partial charge on any atom is -0.318 e. The summed E-state index contributed by atoms with van der Waals surface area (Å²) in [4.78, 5) is 0. The van der Waals surface area contributed by atoms with Crippen molar-refractivity contribution in [2.75, 3.05) is 0 Å². The Labute approximate surface area is 133 Å². The maximum absolute atomic E-state index is 13.8. The molecule has 0 N–H and O–H groups in total. The second-order valence-corrected chi connectivity index (χ2v) is 8.47. The molecule has 0 radical (unpaired) electrons. The van der Waals surface area contributed by atoms with Crippen molar-refractivity contribution in [2.24, 2.45) is 5.92 Å². The van der Waals surface area contributed by atoms with Crippen LogP contribution in [-0.4, -0.2) is 6.10 Å². The van der Waals surface area contributed by atoms with Crippen LogP contribution in [-0.2, 0) is 9.09 Å². The molecule has 0 bridgehead atoms. The first-order valence-corrected chi connectivity index (χ1v) is 9.72. The molecule has 0 saturated heterocycles. The summed E-state index contributed by atoms with van der Waals surface area (Å²) < 4.78 is 20.1. The van der Waals surface area contributed by atoms with E-state index in [4.69, 9.17) is 4.52 Å². The third-order valence-corrected chi connectivity index (χ3v) is 7.03. The van der Waals surface area contributed by atoms with E-state index in [0.717, 1.165) is 23.5 Å². The molecule has 1 saturated carbocycles. The van der Waals surface area contributed by atoms with Crippen molar-refractivity contribution in [2.45, 2.75) is 38.7 Å². The molecule has 0 spiro atoms. The monoisotopic (exact) mass is 314 g/mol. The van der Waals surface area contributed by atoms with Gasteiger partial charge in [0.15, 0.2) is 0 Å². The Hall–Kier alpha value is -1.37. The molecular weight excluding hydrogens is 291 g/mol. The molecule has 0 aliphatic heterocycles. The molecule has 1 aliphatic rings. The van der Waals surface area contributed by atoms with Gasteiger partial charge in [0.1, 0.15) is 0 Å². The summed E-state index contributed by atoms with van der Waals surface area (Å²) in [5, 5.41) is 1.58. The summed E-state index contributed by atoms with van der Waals surface area (Å²) in [5.74, 6) is 0.467. The molecule has 3 heteroatoms. The van der Waals surface area contributed by atoms with Crippen molar-refractivity contribution >= 4 is 18.0 Å². The van der Waals surface area contributed by atoms with E-state index >= 15 is 0 Å². The average molecular weight is 314 g/mol. The van der Waals surface area contributed by atoms with Crippen LogP contribution >= 0.6 is 7.37 Å². The SMILES string of the molecule is C[C@@H]1CCCC[C@H]1OP(=O)(c1ccccc1)c1ccccc1. The topological polar surface area (TPSA) is 26.3 Å². The van der Waals surface area contributed by atoms with Crippen LogP contribution in [0.15, 0.2) is 60.7 Å². The van der Waals surface area contributed by atoms with E-state index in [2.05, 4.69) is 6.92 Å². The van der Waals surface area contributed by atoms with Crippen molar-refractivity contribution in [3.05, 3.63) is 60.7 Å². The van der Waals surface area contributed by atoms with Crippen LogP contribution in [0.5, 0.6) is 0 Å². The Morgan fingerprint density at radius 2 is 1.36 bits per heavy atom. The molecule has 2 atom stereocenters. The maximum Gasteiger partial charge on any atom is 0.261 e. The van der Waals surface area contributed by atoms with Gasteiger partial charge in [-0.1, -0.05) is 56.2 Å². The van der Waals surface area contributed by atoms with Crippen LogP contribution in [0.4, 0.5) is 0 Å². The molecule has 22 heavy (non-hydrogen) atoms. The van der Waals surface area contributed by atoms with Crippen LogP contribution in [0.3, 0.4) is 0 Å². The summed E-state index contributed by atoms with van der Waals surface area (Å²) in [6.45, 7) is 2.21. The Balaban J connectivity index is 1.98. The Morgan fingerprint density at radius 1 is 0.864 bits per heavy atom. The molecule has 0 aromatic heterocycles. The highest BCUT2D eigenvalue weighted by Gasteiger charge is 2.34. The zero-order chi connectivity index (χ0) is 15.4. The lowest BCUT2D eigenvalue weighted by Crippen LogP contribution is -2.29. The van der Waals surface area contributed by atoms with E-state index in [1.54, 1.807) is 0 Å². The van der Waals surface area contributed by atoms with E-state index in [0.29, 0.717) is 5.92 Å². The summed E-state index contributed by atoms with van der Waals surface area (Å²) >= 11 is 0. The molecule has 0 heterocycles. The van der Waals surface area contributed by atoms with Gasteiger partial charge < -0.3 is 4.52 Å². The van der Waals surface area contributed by atoms with Crippen LogP contribution in [0, 0.1) is 5.92 Å². The fraction of sp³-hybridized carbons (Fsp3) is 0.368. The molecular formula is C19H23O2P. The second kappa shape index (κ2) is 6.81. The highest BCUT2D eigenvalue weighted by Crippen LogP contribution is 2.48. The van der Waals surface area contributed by atoms with Gasteiger partial charge in [-0.15, -0.1) is 0 Å². The molecule has 0 amide bonds. The minimum atomic E-state index is -3.03. The first-order valence-electron chi connectivity index (χ1n) is 8.10. The number of hydrogen-bond acceptors (Lipinski definition) is 2. The predicted molar refractivity (Wildman–Crippen MR) is 92.3 cm³/mol. The normalized spacial score (nSPS) is 22.4. The van der Waals surface area contributed by atoms with Gasteiger partial charge in [-0.25, -0.2) is 0 Å². The summed E-state index contributed by atoms with van der Waals surface area (Å²) in [6, 6.07) is 19.3. The van der Waals surface area contributed by atoms with Gasteiger partial charge in [0.05, 0.1) is 6.10 Å². The molecule has 0 unspecified atom stereocenters. The summed E-state index contributed by atoms with van der Waals surface area (Å²) in [5.41, 5.74) is 0. The molecule has 3 rings (SSSR count). The lowest BCUT2D eigenvalue weighted by Gasteiger charge is -2.32. The van der Waals surface area contributed by atoms with E-state index in [1.165, 1.54) is 12.8 Å². The fourth-order valence-electron chi connectivity index (χ4n) is 3.15. The van der Waals surface area contributed by atoms with Gasteiger partial charge in [0, 0.05) is 10.6 Å². The standard InChI is InChI=1S/C19H23O2P/c1-16-10-8-9-15-19(16)21-22(20,17-11-4-2-5-12-17)18-13-6-3-7-14-18/h2-7,11-14,16,19H,8-10,15H2,1H3/t16-,19-/m1/s1. The van der Waals surface area contributed by atoms with Gasteiger partial charge in [-0.3, -0.25) is 4.57 Å². The van der Waals surface area contributed by atoms with Crippen molar-refractivity contribution in [3.63, 3.8) is 0 Å². The number of rotatable bonds is 4. The number of benzene rings is 2. The Bertz CT molecular complexity index is 595. The van der Waals surface area contributed by atoms with Crippen LogP contribution in [0.2, 0.25) is 0 Å². The van der Waals surface area contributed by atoms with Crippen molar-refractivity contribution in [3.8, 4) is 0 Å². The second-order valence-electron chi connectivity index (χ2n) is 6.13. The highest BCUT2D eigenvalue weighted by atomic mass is 31.2. The minimum absolute atomic E-state index is 0.0833. The lowest BCUT2D eigenvalue weighted by atomic mass is 9.88. The maximum atomic E-state index is 13.8. The zero-order valence-electron chi connectivity index (χ0n) is 13.0. The average Bonchev–Trinajstić information content (AvgIpc) is 2.58. The van der Waals surface area contributed by atoms with Crippen LogP contribution in [0.1, 0.15) is 32.6 Å². The van der Waals surface area contributed by atoms with Crippen molar-refractivity contribution in [1.29, 1.82) is 0 Å². The van der Waals surface area contributed by atoms with Gasteiger partial charge >= 0.3 is 0 Å². The molecule has 1 aliphatic carbocycles. The van der Waals surface area contributed by atoms with Crippen molar-refractivity contribution in [1.82, 2.24) is 0 Å². The first-order chi connectivity index (χ1) is 10.7. The van der Waals surface area contributed by atoms with Gasteiger partial charge in [-0.05, 0) is 43.0 Å². The van der Waals surface area contributed by atoms with Gasteiger partial charge in [-0.2, -0.15) is 0 Å². The van der Waals surface area contributed by atoms with Crippen LogP contribution < -0.4 is 10.6 Å².